The number of pyridine rings is 1. The summed E-state index contributed by atoms with van der Waals surface area (Å²) in [6, 6.07) is 0.395. The topological polar surface area (TPSA) is 120 Å². The van der Waals surface area contributed by atoms with Gasteiger partial charge >= 0.3 is 0 Å². The SMILES string of the molecule is C[C@H]1C[C@@H](O)[C@H](Nc2ncnc3n[nH]c(C(=O)N4C[C@@H](F)C[C@@H]4c4cncc(F)c4)c23)C1. The molecule has 0 spiro atoms. The van der Waals surface area contributed by atoms with Gasteiger partial charge in [-0.25, -0.2) is 18.7 Å². The molecule has 4 heterocycles. The molecular formula is C21H23F2N7O2. The molecule has 3 aromatic rings. The van der Waals surface area contributed by atoms with Crippen molar-refractivity contribution in [1.29, 1.82) is 0 Å². The number of anilines is 1. The van der Waals surface area contributed by atoms with E-state index in [2.05, 4.69) is 37.4 Å². The van der Waals surface area contributed by atoms with Gasteiger partial charge in [-0.15, -0.1) is 0 Å². The summed E-state index contributed by atoms with van der Waals surface area (Å²) in [6.07, 6.45) is 3.55. The van der Waals surface area contributed by atoms with Gasteiger partial charge in [0.25, 0.3) is 5.91 Å². The van der Waals surface area contributed by atoms with Crippen LogP contribution >= 0.6 is 0 Å². The average Bonchev–Trinajstić information content (AvgIpc) is 3.45. The van der Waals surface area contributed by atoms with Crippen LogP contribution in [0.5, 0.6) is 0 Å². The molecule has 1 amide bonds. The Kier molecular flexibility index (Phi) is 5.20. The summed E-state index contributed by atoms with van der Waals surface area (Å²) >= 11 is 0. The van der Waals surface area contributed by atoms with Crippen molar-refractivity contribution in [1.82, 2.24) is 30.0 Å². The van der Waals surface area contributed by atoms with Crippen molar-refractivity contribution < 1.29 is 18.7 Å². The fraction of sp³-hybridized carbons (Fsp3) is 0.476. The average molecular weight is 443 g/mol. The van der Waals surface area contributed by atoms with Crippen LogP contribution in [0.15, 0.2) is 24.8 Å². The predicted octanol–water partition coefficient (Wildman–Crippen LogP) is 2.38. The summed E-state index contributed by atoms with van der Waals surface area (Å²) in [5, 5.41) is 20.8. The first-order valence-corrected chi connectivity index (χ1v) is 10.6. The minimum atomic E-state index is -1.25. The van der Waals surface area contributed by atoms with Crippen LogP contribution in [0, 0.1) is 11.7 Å². The number of halogens is 2. The number of aliphatic hydroxyl groups excluding tert-OH is 1. The molecule has 0 aromatic carbocycles. The normalized spacial score (nSPS) is 27.9. The fourth-order valence-electron chi connectivity index (χ4n) is 4.79. The summed E-state index contributed by atoms with van der Waals surface area (Å²) in [5.41, 5.74) is 0.832. The van der Waals surface area contributed by atoms with E-state index in [9.17, 15) is 18.7 Å². The minimum absolute atomic E-state index is 0.0523. The number of aromatic amines is 1. The lowest BCUT2D eigenvalue weighted by Gasteiger charge is -2.24. The second-order valence-electron chi connectivity index (χ2n) is 8.66. The van der Waals surface area contributed by atoms with Crippen molar-refractivity contribution in [3.05, 3.63) is 41.9 Å². The van der Waals surface area contributed by atoms with Crippen LogP contribution in [-0.4, -0.2) is 65.9 Å². The maximum absolute atomic E-state index is 14.4. The van der Waals surface area contributed by atoms with Gasteiger partial charge in [0.15, 0.2) is 5.65 Å². The first-order chi connectivity index (χ1) is 15.4. The molecule has 0 bridgehead atoms. The maximum Gasteiger partial charge on any atom is 0.273 e. The summed E-state index contributed by atoms with van der Waals surface area (Å²) < 4.78 is 28.1. The molecule has 32 heavy (non-hydrogen) atoms. The second kappa shape index (κ2) is 8.05. The number of fused-ring (bicyclic) bond motifs is 1. The van der Waals surface area contributed by atoms with Crippen molar-refractivity contribution in [3.63, 3.8) is 0 Å². The van der Waals surface area contributed by atoms with Crippen molar-refractivity contribution in [3.8, 4) is 0 Å². The van der Waals surface area contributed by atoms with Crippen LogP contribution in [-0.2, 0) is 0 Å². The minimum Gasteiger partial charge on any atom is -0.391 e. The molecule has 1 saturated carbocycles. The monoisotopic (exact) mass is 443 g/mol. The van der Waals surface area contributed by atoms with Crippen molar-refractivity contribution >= 4 is 22.8 Å². The summed E-state index contributed by atoms with van der Waals surface area (Å²) in [6.45, 7) is 1.94. The quantitative estimate of drug-likeness (QED) is 0.566. The number of amides is 1. The van der Waals surface area contributed by atoms with E-state index in [1.807, 2.05) is 0 Å². The molecule has 168 valence electrons. The Morgan fingerprint density at radius 2 is 2.12 bits per heavy atom. The maximum atomic E-state index is 14.4. The predicted molar refractivity (Wildman–Crippen MR) is 111 cm³/mol. The third kappa shape index (κ3) is 3.66. The van der Waals surface area contributed by atoms with E-state index < -0.39 is 30.0 Å². The lowest BCUT2D eigenvalue weighted by molar-refractivity contribution is 0.0724. The molecule has 1 aliphatic heterocycles. The molecule has 1 aliphatic carbocycles. The first kappa shape index (κ1) is 20.7. The zero-order valence-corrected chi connectivity index (χ0v) is 17.4. The molecule has 3 N–H and O–H groups in total. The number of likely N-dealkylation sites (tertiary alicyclic amines) is 1. The highest BCUT2D eigenvalue weighted by atomic mass is 19.1. The molecule has 5 atom stereocenters. The van der Waals surface area contributed by atoms with E-state index in [1.54, 1.807) is 0 Å². The zero-order valence-electron chi connectivity index (χ0n) is 17.4. The number of carbonyl (C=O) groups is 1. The molecule has 11 heteroatoms. The van der Waals surface area contributed by atoms with E-state index in [1.165, 1.54) is 23.5 Å². The number of hydrogen-bond acceptors (Lipinski definition) is 7. The molecule has 5 rings (SSSR count). The van der Waals surface area contributed by atoms with E-state index in [4.69, 9.17) is 0 Å². The third-order valence-corrected chi connectivity index (χ3v) is 6.27. The highest BCUT2D eigenvalue weighted by Gasteiger charge is 2.39. The van der Waals surface area contributed by atoms with Crippen LogP contribution in [0.2, 0.25) is 0 Å². The molecule has 0 unspecified atom stereocenters. The lowest BCUT2D eigenvalue weighted by Crippen LogP contribution is -2.32. The number of hydrogen-bond donors (Lipinski definition) is 3. The number of H-pyrrole nitrogens is 1. The van der Waals surface area contributed by atoms with Crippen molar-refractivity contribution in [2.75, 3.05) is 11.9 Å². The highest BCUT2D eigenvalue weighted by Crippen LogP contribution is 2.36. The number of alkyl halides is 1. The summed E-state index contributed by atoms with van der Waals surface area (Å²) in [5.74, 6) is -0.296. The Morgan fingerprint density at radius 3 is 2.88 bits per heavy atom. The fourth-order valence-corrected chi connectivity index (χ4v) is 4.79. The van der Waals surface area contributed by atoms with E-state index in [0.717, 1.165) is 12.6 Å². The molecule has 1 saturated heterocycles. The number of aromatic nitrogens is 5. The number of carbonyl (C=O) groups excluding carboxylic acids is 1. The second-order valence-corrected chi connectivity index (χ2v) is 8.66. The van der Waals surface area contributed by atoms with Crippen LogP contribution in [0.3, 0.4) is 0 Å². The van der Waals surface area contributed by atoms with Crippen molar-refractivity contribution in [2.45, 2.75) is 50.5 Å². The third-order valence-electron chi connectivity index (χ3n) is 6.27. The van der Waals surface area contributed by atoms with E-state index >= 15 is 0 Å². The zero-order chi connectivity index (χ0) is 22.4. The molecule has 0 radical (unpaired) electrons. The lowest BCUT2D eigenvalue weighted by atomic mass is 10.1. The van der Waals surface area contributed by atoms with Crippen LogP contribution < -0.4 is 5.32 Å². The van der Waals surface area contributed by atoms with Gasteiger partial charge in [0.2, 0.25) is 0 Å². The molecule has 9 nitrogen and oxygen atoms in total. The van der Waals surface area contributed by atoms with Crippen LogP contribution in [0.25, 0.3) is 11.0 Å². The number of nitrogens with one attached hydrogen (secondary N) is 2. The molecule has 2 fully saturated rings. The molecule has 2 aliphatic rings. The van der Waals surface area contributed by atoms with E-state index in [0.29, 0.717) is 29.1 Å². The standard InChI is InChI=1S/C21H23F2N7O2/c1-10-2-14(16(31)3-10)27-19-17-18(28-29-20(17)26-9-25-19)21(32)30-8-13(23)5-15(30)11-4-12(22)7-24-6-11/h4,6-7,9-10,13-16,31H,2-3,5,8H2,1H3,(H2,25,26,27,28,29)/t10-,13+,14-,15-,16-/m1/s1. The first-order valence-electron chi connectivity index (χ1n) is 10.6. The Morgan fingerprint density at radius 1 is 1.28 bits per heavy atom. The molecular weight excluding hydrogens is 420 g/mol. The van der Waals surface area contributed by atoms with Gasteiger partial charge in [-0.2, -0.15) is 5.10 Å². The van der Waals surface area contributed by atoms with Gasteiger partial charge in [-0.3, -0.25) is 14.9 Å². The number of rotatable bonds is 4. The van der Waals surface area contributed by atoms with Gasteiger partial charge in [0.05, 0.1) is 36.3 Å². The smallest absolute Gasteiger partial charge is 0.273 e. The Balaban J connectivity index is 1.49. The number of aliphatic hydroxyl groups is 1. The summed E-state index contributed by atoms with van der Waals surface area (Å²) in [7, 11) is 0. The Bertz CT molecular complexity index is 1160. The largest absolute Gasteiger partial charge is 0.391 e. The summed E-state index contributed by atoms with van der Waals surface area (Å²) in [4.78, 5) is 27.1. The van der Waals surface area contributed by atoms with Gasteiger partial charge < -0.3 is 15.3 Å². The van der Waals surface area contributed by atoms with E-state index in [-0.39, 0.29) is 30.3 Å². The Hall–Kier alpha value is -3.21. The highest BCUT2D eigenvalue weighted by molar-refractivity contribution is 6.07. The molecule has 3 aromatic heterocycles. The van der Waals surface area contributed by atoms with Gasteiger partial charge in [0.1, 0.15) is 29.8 Å². The van der Waals surface area contributed by atoms with Crippen LogP contribution in [0.1, 0.15) is 48.3 Å². The van der Waals surface area contributed by atoms with Gasteiger partial charge in [-0.1, -0.05) is 6.92 Å². The Labute approximate surface area is 182 Å². The van der Waals surface area contributed by atoms with Crippen molar-refractivity contribution in [2.24, 2.45) is 5.92 Å². The van der Waals surface area contributed by atoms with Gasteiger partial charge in [-0.05, 0) is 30.4 Å². The van der Waals surface area contributed by atoms with Gasteiger partial charge in [0, 0.05) is 12.6 Å². The number of nitrogens with zero attached hydrogens (tertiary/aromatic N) is 5. The van der Waals surface area contributed by atoms with Crippen LogP contribution in [0.4, 0.5) is 14.6 Å².